The number of rotatable bonds is 3. The van der Waals surface area contributed by atoms with Gasteiger partial charge in [0, 0.05) is 14.5 Å². The van der Waals surface area contributed by atoms with E-state index >= 15 is 0 Å². The van der Waals surface area contributed by atoms with E-state index in [1.165, 1.54) is 0 Å². The second-order valence-electron chi connectivity index (χ2n) is 0.814. The Morgan fingerprint density at radius 2 is 2.57 bits per heavy atom. The predicted octanol–water partition coefficient (Wildman–Crippen LogP) is 1.40. The molecular weight excluding hydrogens is 132 g/mol. The molecule has 42 valence electrons. The third kappa shape index (κ3) is 6.45. The first-order valence-corrected chi connectivity index (χ1v) is 3.29. The monoisotopic (exact) mass is 139 g/mol. The minimum Gasteiger partial charge on any atom is -0.252 e. The summed E-state index contributed by atoms with van der Waals surface area (Å²) in [5.74, 6) is 0. The van der Waals surface area contributed by atoms with Gasteiger partial charge in [-0.15, -0.1) is 0 Å². The van der Waals surface area contributed by atoms with Crippen molar-refractivity contribution in [3.05, 3.63) is 0 Å². The van der Waals surface area contributed by atoms with E-state index in [2.05, 4.69) is 18.8 Å². The lowest BCUT2D eigenvalue weighted by atomic mass is 10.9. The van der Waals surface area contributed by atoms with Gasteiger partial charge in [0.1, 0.15) is 0 Å². The molecule has 0 fully saturated rings. The van der Waals surface area contributed by atoms with Gasteiger partial charge in [-0.2, -0.15) is 0 Å². The Morgan fingerprint density at radius 1 is 1.86 bits per heavy atom. The zero-order valence-corrected chi connectivity index (χ0v) is 5.79. The highest BCUT2D eigenvalue weighted by molar-refractivity contribution is 7.35. The SMILES string of the molecule is OOCCP=NP. The molecule has 0 rings (SSSR count). The second-order valence-corrected chi connectivity index (χ2v) is 2.47. The highest BCUT2D eigenvalue weighted by atomic mass is 31.1. The lowest BCUT2D eigenvalue weighted by Gasteiger charge is -1.83. The molecule has 0 bridgehead atoms. The van der Waals surface area contributed by atoms with Gasteiger partial charge in [-0.05, 0) is 9.39 Å². The normalized spacial score (nSPS) is 10.6. The van der Waals surface area contributed by atoms with Gasteiger partial charge in [0.05, 0.1) is 6.61 Å². The molecule has 0 aliphatic rings. The maximum atomic E-state index is 7.74. The minimum absolute atomic E-state index is 0.361. The van der Waals surface area contributed by atoms with Gasteiger partial charge in [-0.1, -0.05) is 0 Å². The summed E-state index contributed by atoms with van der Waals surface area (Å²) in [6.45, 7) is 0.361. The van der Waals surface area contributed by atoms with Crippen LogP contribution in [0.15, 0.2) is 4.52 Å². The van der Waals surface area contributed by atoms with E-state index < -0.39 is 0 Å². The molecule has 0 heterocycles. The van der Waals surface area contributed by atoms with Crippen molar-refractivity contribution in [3.63, 3.8) is 0 Å². The Labute approximate surface area is 46.1 Å². The molecule has 0 aromatic carbocycles. The maximum absolute atomic E-state index is 7.74. The highest BCUT2D eigenvalue weighted by Gasteiger charge is 1.76. The molecule has 0 saturated heterocycles. The van der Waals surface area contributed by atoms with Crippen LogP contribution in [-0.2, 0) is 4.89 Å². The topological polar surface area (TPSA) is 41.8 Å². The van der Waals surface area contributed by atoms with Crippen LogP contribution >= 0.6 is 17.8 Å². The summed E-state index contributed by atoms with van der Waals surface area (Å²) in [6.07, 6.45) is 0.750. The minimum atomic E-state index is 0.361. The Hall–Kier alpha value is 0.450. The summed E-state index contributed by atoms with van der Waals surface area (Å²) in [5, 5.41) is 7.74. The molecule has 0 aromatic heterocycles. The fourth-order valence-electron chi connectivity index (χ4n) is 0.139. The molecule has 7 heavy (non-hydrogen) atoms. The van der Waals surface area contributed by atoms with Gasteiger partial charge in [-0.3, -0.25) is 9.77 Å². The first kappa shape index (κ1) is 7.45. The molecule has 1 unspecified atom stereocenters. The molecule has 0 aromatic rings. The number of hydrogen-bond donors (Lipinski definition) is 1. The van der Waals surface area contributed by atoms with Crippen molar-refractivity contribution in [2.75, 3.05) is 12.8 Å². The van der Waals surface area contributed by atoms with Gasteiger partial charge in [0.15, 0.2) is 0 Å². The third-order valence-electron chi connectivity index (χ3n) is 0.364. The van der Waals surface area contributed by atoms with Gasteiger partial charge in [0.25, 0.3) is 0 Å². The van der Waals surface area contributed by atoms with Crippen LogP contribution in [0.2, 0.25) is 0 Å². The van der Waals surface area contributed by atoms with Crippen LogP contribution < -0.4 is 0 Å². The van der Waals surface area contributed by atoms with Crippen molar-refractivity contribution in [2.45, 2.75) is 0 Å². The van der Waals surface area contributed by atoms with Gasteiger partial charge in [-0.25, -0.2) is 4.89 Å². The van der Waals surface area contributed by atoms with Crippen LogP contribution in [0, 0.1) is 0 Å². The molecule has 0 aliphatic heterocycles. The summed E-state index contributed by atoms with van der Waals surface area (Å²) < 4.78 is 3.67. The van der Waals surface area contributed by atoms with Crippen LogP contribution in [-0.4, -0.2) is 18.0 Å². The summed E-state index contributed by atoms with van der Waals surface area (Å²) in [7, 11) is 3.16. The summed E-state index contributed by atoms with van der Waals surface area (Å²) in [6, 6.07) is 0. The zero-order chi connectivity index (χ0) is 5.54. The maximum Gasteiger partial charge on any atom is 0.0909 e. The van der Waals surface area contributed by atoms with E-state index in [0.717, 1.165) is 14.5 Å². The average molecular weight is 139 g/mol. The zero-order valence-electron chi connectivity index (χ0n) is 3.74. The van der Waals surface area contributed by atoms with Crippen molar-refractivity contribution in [1.82, 2.24) is 0 Å². The Balaban J connectivity index is 2.69. The largest absolute Gasteiger partial charge is 0.252 e. The molecule has 0 radical (unpaired) electrons. The van der Waals surface area contributed by atoms with Crippen LogP contribution in [0.4, 0.5) is 0 Å². The van der Waals surface area contributed by atoms with Crippen LogP contribution in [0.3, 0.4) is 0 Å². The van der Waals surface area contributed by atoms with E-state index in [0.29, 0.717) is 6.61 Å². The van der Waals surface area contributed by atoms with Gasteiger partial charge < -0.3 is 0 Å². The number of hydrogen-bond acceptors (Lipinski definition) is 3. The lowest BCUT2D eigenvalue weighted by Crippen LogP contribution is -1.86. The molecule has 0 aliphatic carbocycles. The van der Waals surface area contributed by atoms with Crippen molar-refractivity contribution in [2.24, 2.45) is 4.52 Å². The van der Waals surface area contributed by atoms with Crippen LogP contribution in [0.1, 0.15) is 0 Å². The summed E-state index contributed by atoms with van der Waals surface area (Å²) >= 11 is 0. The van der Waals surface area contributed by atoms with E-state index in [9.17, 15) is 0 Å². The van der Waals surface area contributed by atoms with E-state index in [4.69, 9.17) is 5.26 Å². The fourth-order valence-corrected chi connectivity index (χ4v) is 0.765. The molecule has 1 N–H and O–H groups in total. The van der Waals surface area contributed by atoms with Gasteiger partial charge >= 0.3 is 0 Å². The van der Waals surface area contributed by atoms with Crippen LogP contribution in [0.5, 0.6) is 0 Å². The Bertz CT molecular complexity index is 57.7. The van der Waals surface area contributed by atoms with Crippen molar-refractivity contribution >= 4 is 17.8 Å². The Morgan fingerprint density at radius 3 is 3.00 bits per heavy atom. The molecular formula is C2H7NO2P2. The van der Waals surface area contributed by atoms with E-state index in [-0.39, 0.29) is 0 Å². The predicted molar refractivity (Wildman–Crippen MR) is 32.5 cm³/mol. The number of nitrogens with zero attached hydrogens (tertiary/aromatic N) is 1. The molecule has 5 heteroatoms. The molecule has 1 atom stereocenters. The molecule has 0 spiro atoms. The average Bonchev–Trinajstić information content (AvgIpc) is 1.69. The van der Waals surface area contributed by atoms with Crippen LogP contribution in [0.25, 0.3) is 0 Å². The lowest BCUT2D eigenvalue weighted by molar-refractivity contribution is -0.236. The molecule has 0 saturated carbocycles. The molecule has 3 nitrogen and oxygen atoms in total. The quantitative estimate of drug-likeness (QED) is 0.278. The smallest absolute Gasteiger partial charge is 0.0909 e. The standard InChI is InChI=1S/C2H7NO2P2/c4-5-1-2-7-3-6/h4H,1-2,6H2. The van der Waals surface area contributed by atoms with Gasteiger partial charge in [0.2, 0.25) is 0 Å². The van der Waals surface area contributed by atoms with Crippen molar-refractivity contribution < 1.29 is 10.1 Å². The van der Waals surface area contributed by atoms with Crippen molar-refractivity contribution in [3.8, 4) is 0 Å². The summed E-state index contributed by atoms with van der Waals surface area (Å²) in [4.78, 5) is 3.77. The first-order chi connectivity index (χ1) is 3.41. The van der Waals surface area contributed by atoms with E-state index in [1.54, 1.807) is 0 Å². The first-order valence-electron chi connectivity index (χ1n) is 1.75. The second kappa shape index (κ2) is 6.45. The highest BCUT2D eigenvalue weighted by Crippen LogP contribution is 2.01. The third-order valence-corrected chi connectivity index (χ3v) is 1.40. The fraction of sp³-hybridized carbons (Fsp3) is 1.00. The Kier molecular flexibility index (Phi) is 6.86. The van der Waals surface area contributed by atoms with E-state index in [1.807, 2.05) is 0 Å². The summed E-state index contributed by atoms with van der Waals surface area (Å²) in [5.41, 5.74) is 0. The molecule has 0 amide bonds. The van der Waals surface area contributed by atoms with Crippen molar-refractivity contribution in [1.29, 1.82) is 0 Å².